The number of aliphatic hydroxyl groups is 1. The number of hydrogen-bond donors (Lipinski definition) is 1. The Morgan fingerprint density at radius 1 is 1.15 bits per heavy atom. The highest BCUT2D eigenvalue weighted by molar-refractivity contribution is 5.32. The van der Waals surface area contributed by atoms with Crippen molar-refractivity contribution in [2.45, 2.75) is 32.8 Å². The van der Waals surface area contributed by atoms with E-state index in [1.807, 2.05) is 26.8 Å². The van der Waals surface area contributed by atoms with Crippen molar-refractivity contribution in [3.63, 3.8) is 0 Å². The normalized spacial score (nSPS) is 11.4. The Balaban J connectivity index is 2.33. The first kappa shape index (κ1) is 14.5. The van der Waals surface area contributed by atoms with E-state index in [1.165, 1.54) is 12.1 Å². The molecule has 0 aliphatic rings. The van der Waals surface area contributed by atoms with Crippen molar-refractivity contribution >= 4 is 0 Å². The van der Waals surface area contributed by atoms with E-state index in [4.69, 9.17) is 4.74 Å². The van der Waals surface area contributed by atoms with Crippen molar-refractivity contribution in [2.24, 2.45) is 0 Å². The second kappa shape index (κ2) is 5.59. The third-order valence-electron chi connectivity index (χ3n) is 2.85. The fraction of sp³-hybridized carbons (Fsp3) is 0.312. The Labute approximate surface area is 118 Å². The molecule has 2 aromatic rings. The molecular formula is C16H18FNO2. The highest BCUT2D eigenvalue weighted by Gasteiger charge is 2.17. The van der Waals surface area contributed by atoms with E-state index in [1.54, 1.807) is 18.2 Å². The second-order valence-corrected chi connectivity index (χ2v) is 5.66. The molecule has 4 heteroatoms. The standard InChI is InChI=1S/C16H18FNO2/c1-16(2,3)14-8-11(10-19)9-15(18-14)20-13-6-4-12(17)5-7-13/h4-9,19H,10H2,1-3H3. The molecule has 106 valence electrons. The summed E-state index contributed by atoms with van der Waals surface area (Å²) in [6.45, 7) is 6.04. The van der Waals surface area contributed by atoms with Crippen molar-refractivity contribution in [2.75, 3.05) is 0 Å². The molecule has 0 aliphatic heterocycles. The first-order valence-electron chi connectivity index (χ1n) is 6.44. The number of pyridine rings is 1. The van der Waals surface area contributed by atoms with E-state index in [-0.39, 0.29) is 17.8 Å². The molecule has 0 amide bonds. The van der Waals surface area contributed by atoms with Crippen LogP contribution in [0.2, 0.25) is 0 Å². The second-order valence-electron chi connectivity index (χ2n) is 5.66. The van der Waals surface area contributed by atoms with Gasteiger partial charge in [0.15, 0.2) is 0 Å². The fourth-order valence-electron chi connectivity index (χ4n) is 1.71. The molecule has 0 bridgehead atoms. The lowest BCUT2D eigenvalue weighted by molar-refractivity contribution is 0.280. The van der Waals surface area contributed by atoms with Crippen LogP contribution in [-0.4, -0.2) is 10.1 Å². The zero-order valence-corrected chi connectivity index (χ0v) is 11.9. The van der Waals surface area contributed by atoms with Crippen LogP contribution in [0.1, 0.15) is 32.0 Å². The lowest BCUT2D eigenvalue weighted by atomic mass is 9.91. The van der Waals surface area contributed by atoms with Gasteiger partial charge in [-0.05, 0) is 35.9 Å². The summed E-state index contributed by atoms with van der Waals surface area (Å²) in [5.74, 6) is 0.590. The number of aliphatic hydroxyl groups excluding tert-OH is 1. The molecule has 1 heterocycles. The first-order chi connectivity index (χ1) is 9.38. The van der Waals surface area contributed by atoms with Crippen molar-refractivity contribution in [3.8, 4) is 11.6 Å². The van der Waals surface area contributed by atoms with E-state index in [0.29, 0.717) is 11.6 Å². The Morgan fingerprint density at radius 3 is 2.35 bits per heavy atom. The van der Waals surface area contributed by atoms with Crippen LogP contribution >= 0.6 is 0 Å². The molecule has 1 aromatic carbocycles. The summed E-state index contributed by atoms with van der Waals surface area (Å²) in [5.41, 5.74) is 1.43. The van der Waals surface area contributed by atoms with Crippen molar-refractivity contribution in [3.05, 3.63) is 53.5 Å². The summed E-state index contributed by atoms with van der Waals surface area (Å²) in [6, 6.07) is 9.28. The number of halogens is 1. The third-order valence-corrected chi connectivity index (χ3v) is 2.85. The van der Waals surface area contributed by atoms with Gasteiger partial charge in [0.05, 0.1) is 12.3 Å². The minimum absolute atomic E-state index is 0.0780. The molecule has 0 atom stereocenters. The molecular weight excluding hydrogens is 257 g/mol. The average molecular weight is 275 g/mol. The topological polar surface area (TPSA) is 42.4 Å². The predicted molar refractivity (Wildman–Crippen MR) is 75.3 cm³/mol. The maximum atomic E-state index is 12.9. The molecule has 0 spiro atoms. The van der Waals surface area contributed by atoms with Gasteiger partial charge in [0, 0.05) is 11.5 Å². The predicted octanol–water partition coefficient (Wildman–Crippen LogP) is 3.80. The summed E-state index contributed by atoms with van der Waals surface area (Å²) < 4.78 is 18.5. The Morgan fingerprint density at radius 2 is 1.80 bits per heavy atom. The number of aromatic nitrogens is 1. The van der Waals surface area contributed by atoms with Gasteiger partial charge in [-0.1, -0.05) is 20.8 Å². The Kier molecular flexibility index (Phi) is 4.04. The lowest BCUT2D eigenvalue weighted by Gasteiger charge is -2.19. The minimum Gasteiger partial charge on any atom is -0.439 e. The summed E-state index contributed by atoms with van der Waals surface area (Å²) >= 11 is 0. The maximum absolute atomic E-state index is 12.9. The Hall–Kier alpha value is -1.94. The summed E-state index contributed by atoms with van der Waals surface area (Å²) in [6.07, 6.45) is 0. The lowest BCUT2D eigenvalue weighted by Crippen LogP contribution is -2.14. The van der Waals surface area contributed by atoms with E-state index in [2.05, 4.69) is 4.98 Å². The van der Waals surface area contributed by atoms with Crippen LogP contribution in [0.5, 0.6) is 11.6 Å². The van der Waals surface area contributed by atoms with E-state index in [0.717, 1.165) is 11.3 Å². The van der Waals surface area contributed by atoms with Gasteiger partial charge in [0.2, 0.25) is 5.88 Å². The summed E-state index contributed by atoms with van der Waals surface area (Å²) in [4.78, 5) is 4.44. The molecule has 3 nitrogen and oxygen atoms in total. The zero-order valence-electron chi connectivity index (χ0n) is 11.9. The molecule has 2 rings (SSSR count). The van der Waals surface area contributed by atoms with Gasteiger partial charge in [0.1, 0.15) is 11.6 Å². The molecule has 20 heavy (non-hydrogen) atoms. The van der Waals surface area contributed by atoms with Gasteiger partial charge in [-0.15, -0.1) is 0 Å². The van der Waals surface area contributed by atoms with Gasteiger partial charge < -0.3 is 9.84 Å². The fourth-order valence-corrected chi connectivity index (χ4v) is 1.71. The molecule has 0 radical (unpaired) electrons. The number of ether oxygens (including phenoxy) is 1. The van der Waals surface area contributed by atoms with Gasteiger partial charge in [0.25, 0.3) is 0 Å². The molecule has 0 unspecified atom stereocenters. The van der Waals surface area contributed by atoms with E-state index < -0.39 is 0 Å². The molecule has 0 saturated carbocycles. The molecule has 0 saturated heterocycles. The van der Waals surface area contributed by atoms with Gasteiger partial charge in [-0.3, -0.25) is 0 Å². The number of benzene rings is 1. The van der Waals surface area contributed by atoms with Crippen LogP contribution in [0.25, 0.3) is 0 Å². The maximum Gasteiger partial charge on any atom is 0.219 e. The van der Waals surface area contributed by atoms with Crippen LogP contribution in [-0.2, 0) is 12.0 Å². The van der Waals surface area contributed by atoms with Crippen molar-refractivity contribution in [1.82, 2.24) is 4.98 Å². The van der Waals surface area contributed by atoms with Crippen LogP contribution < -0.4 is 4.74 Å². The monoisotopic (exact) mass is 275 g/mol. The van der Waals surface area contributed by atoms with E-state index >= 15 is 0 Å². The SMILES string of the molecule is CC(C)(C)c1cc(CO)cc(Oc2ccc(F)cc2)n1. The smallest absolute Gasteiger partial charge is 0.219 e. The summed E-state index contributed by atoms with van der Waals surface area (Å²) in [7, 11) is 0. The number of hydrogen-bond acceptors (Lipinski definition) is 3. The largest absolute Gasteiger partial charge is 0.439 e. The van der Waals surface area contributed by atoms with E-state index in [9.17, 15) is 9.50 Å². The van der Waals surface area contributed by atoms with Crippen LogP contribution in [0.15, 0.2) is 36.4 Å². The zero-order chi connectivity index (χ0) is 14.8. The Bertz CT molecular complexity index is 588. The first-order valence-corrected chi connectivity index (χ1v) is 6.44. The van der Waals surface area contributed by atoms with Crippen molar-refractivity contribution < 1.29 is 14.2 Å². The van der Waals surface area contributed by atoms with Gasteiger partial charge >= 0.3 is 0 Å². The minimum atomic E-state index is -0.315. The number of nitrogens with zero attached hydrogens (tertiary/aromatic N) is 1. The van der Waals surface area contributed by atoms with Gasteiger partial charge in [-0.25, -0.2) is 9.37 Å². The average Bonchev–Trinajstić information content (AvgIpc) is 2.40. The van der Waals surface area contributed by atoms with Crippen molar-refractivity contribution in [1.29, 1.82) is 0 Å². The molecule has 0 aliphatic carbocycles. The molecule has 0 fully saturated rings. The highest BCUT2D eigenvalue weighted by atomic mass is 19.1. The quantitative estimate of drug-likeness (QED) is 0.926. The summed E-state index contributed by atoms with van der Waals surface area (Å²) in [5, 5.41) is 9.32. The molecule has 1 N–H and O–H groups in total. The van der Waals surface area contributed by atoms with Gasteiger partial charge in [-0.2, -0.15) is 0 Å². The van der Waals surface area contributed by atoms with Crippen LogP contribution in [0.3, 0.4) is 0 Å². The third kappa shape index (κ3) is 3.54. The van der Waals surface area contributed by atoms with Crippen LogP contribution in [0, 0.1) is 5.82 Å². The molecule has 1 aromatic heterocycles. The number of rotatable bonds is 3. The highest BCUT2D eigenvalue weighted by Crippen LogP contribution is 2.27. The van der Waals surface area contributed by atoms with Crippen LogP contribution in [0.4, 0.5) is 4.39 Å².